The van der Waals surface area contributed by atoms with Gasteiger partial charge in [0.05, 0.1) is 18.0 Å². The van der Waals surface area contributed by atoms with E-state index in [1.165, 1.54) is 0 Å². The smallest absolute Gasteiger partial charge is 0.422 e. The lowest BCUT2D eigenvalue weighted by atomic mass is 10.2. The van der Waals surface area contributed by atoms with Crippen LogP contribution >= 0.6 is 12.2 Å². The van der Waals surface area contributed by atoms with Crippen LogP contribution in [0.3, 0.4) is 0 Å². The van der Waals surface area contributed by atoms with Crippen LogP contribution in [0.1, 0.15) is 6.92 Å². The number of ether oxygens (including phenoxy) is 1. The highest BCUT2D eigenvalue weighted by atomic mass is 32.1. The van der Waals surface area contributed by atoms with Gasteiger partial charge in [0.2, 0.25) is 0 Å². The van der Waals surface area contributed by atoms with Crippen molar-refractivity contribution in [1.82, 2.24) is 9.97 Å². The molecule has 2 N–H and O–H groups in total. The van der Waals surface area contributed by atoms with Crippen molar-refractivity contribution in [2.24, 2.45) is 5.73 Å². The molecule has 0 aliphatic heterocycles. The highest BCUT2D eigenvalue weighted by Crippen LogP contribution is 2.19. The quantitative estimate of drug-likeness (QED) is 0.876. The van der Waals surface area contributed by atoms with Crippen LogP contribution in [0.2, 0.25) is 0 Å². The second-order valence-corrected chi connectivity index (χ2v) is 4.39. The Morgan fingerprint density at radius 3 is 2.67 bits per heavy atom. The minimum atomic E-state index is -0.657. The summed E-state index contributed by atoms with van der Waals surface area (Å²) in [5.74, 6) is 0.295. The molecule has 0 atom stereocenters. The van der Waals surface area contributed by atoms with Gasteiger partial charge in [0.15, 0.2) is 5.11 Å². The molecule has 0 bridgehead atoms. The number of rotatable bonds is 3. The van der Waals surface area contributed by atoms with Gasteiger partial charge < -0.3 is 10.5 Å². The Balaban J connectivity index is 2.39. The predicted octanol–water partition coefficient (Wildman–Crippen LogP) is 2.35. The molecule has 0 unspecified atom stereocenters. The summed E-state index contributed by atoms with van der Waals surface area (Å²) in [5.41, 5.74) is 6.89. The molecule has 1 amide bonds. The molecule has 0 aromatic carbocycles. The maximum atomic E-state index is 11.9. The predicted molar refractivity (Wildman–Crippen MR) is 83.8 cm³/mol. The van der Waals surface area contributed by atoms with Crippen LogP contribution in [0.25, 0.3) is 11.4 Å². The van der Waals surface area contributed by atoms with Crippen molar-refractivity contribution in [1.29, 1.82) is 0 Å². The highest BCUT2D eigenvalue weighted by Gasteiger charge is 2.21. The summed E-state index contributed by atoms with van der Waals surface area (Å²) in [4.78, 5) is 21.5. The fourth-order valence-electron chi connectivity index (χ4n) is 1.69. The topological polar surface area (TPSA) is 81.3 Å². The van der Waals surface area contributed by atoms with Gasteiger partial charge in [-0.15, -0.1) is 0 Å². The minimum absolute atomic E-state index is 0.126. The van der Waals surface area contributed by atoms with E-state index >= 15 is 0 Å². The lowest BCUT2D eigenvalue weighted by Gasteiger charge is -2.19. The van der Waals surface area contributed by atoms with E-state index in [2.05, 4.69) is 9.97 Å². The molecule has 0 aliphatic carbocycles. The monoisotopic (exact) mass is 302 g/mol. The molecule has 2 aromatic heterocycles. The van der Waals surface area contributed by atoms with Crippen molar-refractivity contribution in [2.45, 2.75) is 6.92 Å². The number of amides is 1. The van der Waals surface area contributed by atoms with Gasteiger partial charge in [-0.05, 0) is 43.4 Å². The summed E-state index contributed by atoms with van der Waals surface area (Å²) >= 11 is 4.90. The first-order chi connectivity index (χ1) is 10.1. The third kappa shape index (κ3) is 3.51. The number of hydrogen-bond donors (Lipinski definition) is 1. The van der Waals surface area contributed by atoms with E-state index in [1.807, 2.05) is 18.2 Å². The van der Waals surface area contributed by atoms with Gasteiger partial charge >= 0.3 is 6.09 Å². The third-order valence-corrected chi connectivity index (χ3v) is 2.74. The Labute approximate surface area is 127 Å². The van der Waals surface area contributed by atoms with Gasteiger partial charge in [-0.2, -0.15) is 0 Å². The molecule has 0 saturated carbocycles. The Bertz CT molecular complexity index is 648. The average Bonchev–Trinajstić information content (AvgIpc) is 2.48. The van der Waals surface area contributed by atoms with Crippen molar-refractivity contribution in [3.8, 4) is 11.4 Å². The van der Waals surface area contributed by atoms with Crippen molar-refractivity contribution in [2.75, 3.05) is 11.5 Å². The third-order valence-electron chi connectivity index (χ3n) is 2.56. The molecule has 2 heterocycles. The van der Waals surface area contributed by atoms with Crippen LogP contribution in [-0.2, 0) is 4.74 Å². The zero-order valence-corrected chi connectivity index (χ0v) is 12.2. The van der Waals surface area contributed by atoms with E-state index in [1.54, 1.807) is 31.3 Å². The maximum Gasteiger partial charge on any atom is 0.422 e. The number of pyridine rings is 2. The van der Waals surface area contributed by atoms with Crippen molar-refractivity contribution >= 4 is 29.2 Å². The number of aromatic nitrogens is 2. The fourth-order valence-corrected chi connectivity index (χ4v) is 1.86. The van der Waals surface area contributed by atoms with Crippen LogP contribution in [0, 0.1) is 0 Å². The van der Waals surface area contributed by atoms with Crippen molar-refractivity contribution in [3.05, 3.63) is 42.6 Å². The average molecular weight is 302 g/mol. The number of carbonyl (C=O) groups excluding carboxylic acids is 1. The molecule has 7 heteroatoms. The van der Waals surface area contributed by atoms with E-state index in [9.17, 15) is 4.79 Å². The number of thiocarbonyl (C=S) groups is 1. The normalized spacial score (nSPS) is 9.95. The molecule has 0 aliphatic rings. The summed E-state index contributed by atoms with van der Waals surface area (Å²) < 4.78 is 4.93. The number of hydrogen-bond acceptors (Lipinski definition) is 5. The Hall–Kier alpha value is -2.54. The summed E-state index contributed by atoms with van der Waals surface area (Å²) in [7, 11) is 0. The van der Waals surface area contributed by atoms with Crippen LogP contribution in [0.15, 0.2) is 42.6 Å². The van der Waals surface area contributed by atoms with Crippen LogP contribution < -0.4 is 10.6 Å². The number of nitrogens with two attached hydrogens (primary N) is 1. The largest absolute Gasteiger partial charge is 0.449 e. The number of anilines is 1. The van der Waals surface area contributed by atoms with Crippen LogP contribution in [0.5, 0.6) is 0 Å². The molecule has 0 spiro atoms. The molecule has 108 valence electrons. The van der Waals surface area contributed by atoms with Gasteiger partial charge in [0.25, 0.3) is 0 Å². The van der Waals surface area contributed by atoms with E-state index in [-0.39, 0.29) is 11.7 Å². The lowest BCUT2D eigenvalue weighted by Crippen LogP contribution is -2.41. The van der Waals surface area contributed by atoms with Gasteiger partial charge in [0, 0.05) is 6.20 Å². The Morgan fingerprint density at radius 2 is 2.05 bits per heavy atom. The molecular weight excluding hydrogens is 288 g/mol. The fraction of sp³-hybridized carbons (Fsp3) is 0.143. The number of carbonyl (C=O) groups is 1. The summed E-state index contributed by atoms with van der Waals surface area (Å²) in [6.07, 6.45) is 1.01. The van der Waals surface area contributed by atoms with Crippen molar-refractivity contribution in [3.63, 3.8) is 0 Å². The second kappa shape index (κ2) is 6.76. The molecule has 2 rings (SSSR count). The van der Waals surface area contributed by atoms with Crippen LogP contribution in [0.4, 0.5) is 10.6 Å². The highest BCUT2D eigenvalue weighted by molar-refractivity contribution is 7.80. The summed E-state index contributed by atoms with van der Waals surface area (Å²) in [6, 6.07) is 10.6. The zero-order valence-electron chi connectivity index (χ0n) is 11.4. The second-order valence-electron chi connectivity index (χ2n) is 3.97. The standard InChI is InChI=1S/C14H14N4O2S/c1-2-20-14(19)18(13(15)21)12-8-5-7-11(17-12)10-6-3-4-9-16-10/h3-9H,2H2,1H3,(H2,15,21). The summed E-state index contributed by atoms with van der Waals surface area (Å²) in [5, 5.41) is -0.126. The minimum Gasteiger partial charge on any atom is -0.449 e. The maximum absolute atomic E-state index is 11.9. The van der Waals surface area contributed by atoms with Gasteiger partial charge in [0.1, 0.15) is 5.82 Å². The number of nitrogens with zero attached hydrogens (tertiary/aromatic N) is 3. The van der Waals surface area contributed by atoms with Gasteiger partial charge in [-0.1, -0.05) is 12.1 Å². The van der Waals surface area contributed by atoms with E-state index < -0.39 is 6.09 Å². The molecule has 6 nitrogen and oxygen atoms in total. The molecule has 21 heavy (non-hydrogen) atoms. The molecule has 0 fully saturated rings. The molecule has 0 saturated heterocycles. The Morgan fingerprint density at radius 1 is 1.29 bits per heavy atom. The first kappa shape index (κ1) is 14.9. The van der Waals surface area contributed by atoms with Crippen LogP contribution in [-0.4, -0.2) is 27.8 Å². The molecular formula is C14H14N4O2S. The first-order valence-corrected chi connectivity index (χ1v) is 6.69. The summed E-state index contributed by atoms with van der Waals surface area (Å²) in [6.45, 7) is 1.92. The van der Waals surface area contributed by atoms with E-state index in [0.717, 1.165) is 4.90 Å². The van der Waals surface area contributed by atoms with E-state index in [0.29, 0.717) is 17.2 Å². The molecule has 0 radical (unpaired) electrons. The lowest BCUT2D eigenvalue weighted by molar-refractivity contribution is 0.163. The van der Waals surface area contributed by atoms with Gasteiger partial charge in [-0.25, -0.2) is 14.7 Å². The zero-order chi connectivity index (χ0) is 15.2. The Kier molecular flexibility index (Phi) is 4.78. The first-order valence-electron chi connectivity index (χ1n) is 6.28. The SMILES string of the molecule is CCOC(=O)N(C(N)=S)c1cccc(-c2ccccn2)n1. The van der Waals surface area contributed by atoms with Crippen molar-refractivity contribution < 1.29 is 9.53 Å². The van der Waals surface area contributed by atoms with Gasteiger partial charge in [-0.3, -0.25) is 4.98 Å². The van der Waals surface area contributed by atoms with E-state index in [4.69, 9.17) is 22.7 Å². The molecule has 2 aromatic rings.